The minimum atomic E-state index is -4.33. The number of benzene rings is 1. The SMILES string of the molecule is CCC1SCCSC1C(O)Cc1cccc(C(F)(F)F)c1. The van der Waals surface area contributed by atoms with Crippen molar-refractivity contribution >= 4 is 23.5 Å². The third-order valence-corrected chi connectivity index (χ3v) is 6.97. The van der Waals surface area contributed by atoms with E-state index in [1.807, 2.05) is 11.8 Å². The molecule has 1 aliphatic heterocycles. The molecule has 1 aromatic rings. The Kier molecular flexibility index (Phi) is 5.91. The molecule has 21 heavy (non-hydrogen) atoms. The maximum Gasteiger partial charge on any atom is 0.416 e. The molecule has 1 nitrogen and oxygen atoms in total. The van der Waals surface area contributed by atoms with E-state index in [0.717, 1.165) is 30.1 Å². The van der Waals surface area contributed by atoms with Gasteiger partial charge in [-0.05, 0) is 24.5 Å². The first kappa shape index (κ1) is 17.0. The van der Waals surface area contributed by atoms with E-state index in [0.29, 0.717) is 10.8 Å². The lowest BCUT2D eigenvalue weighted by Gasteiger charge is -2.33. The molecule has 6 heteroatoms. The second-order valence-electron chi connectivity index (χ2n) is 5.12. The normalized spacial score (nSPS) is 24.8. The minimum Gasteiger partial charge on any atom is -0.392 e. The smallest absolute Gasteiger partial charge is 0.392 e. The molecule has 2 rings (SSSR count). The Labute approximate surface area is 131 Å². The lowest BCUT2D eigenvalue weighted by Crippen LogP contribution is -2.37. The fourth-order valence-corrected chi connectivity index (χ4v) is 5.68. The van der Waals surface area contributed by atoms with E-state index in [2.05, 4.69) is 6.92 Å². The number of thioether (sulfide) groups is 2. The molecule has 1 N–H and O–H groups in total. The summed E-state index contributed by atoms with van der Waals surface area (Å²) in [5.41, 5.74) is -0.103. The van der Waals surface area contributed by atoms with E-state index in [9.17, 15) is 18.3 Å². The maximum absolute atomic E-state index is 12.7. The predicted octanol–water partition coefficient (Wildman–Crippen LogP) is 4.24. The monoisotopic (exact) mass is 336 g/mol. The average Bonchev–Trinajstić information content (AvgIpc) is 2.46. The summed E-state index contributed by atoms with van der Waals surface area (Å²) in [4.78, 5) is 0. The molecule has 0 spiro atoms. The van der Waals surface area contributed by atoms with E-state index in [4.69, 9.17) is 0 Å². The third kappa shape index (κ3) is 4.57. The molecular formula is C15H19F3OS2. The number of halogens is 3. The van der Waals surface area contributed by atoms with Crippen LogP contribution in [-0.4, -0.2) is 33.2 Å². The quantitative estimate of drug-likeness (QED) is 0.888. The van der Waals surface area contributed by atoms with Gasteiger partial charge in [0.15, 0.2) is 0 Å². The van der Waals surface area contributed by atoms with Gasteiger partial charge in [-0.2, -0.15) is 36.7 Å². The van der Waals surface area contributed by atoms with Crippen molar-refractivity contribution in [1.82, 2.24) is 0 Å². The number of hydrogen-bond donors (Lipinski definition) is 1. The van der Waals surface area contributed by atoms with Gasteiger partial charge in [0.05, 0.1) is 11.7 Å². The van der Waals surface area contributed by atoms with Crippen LogP contribution >= 0.6 is 23.5 Å². The fourth-order valence-electron chi connectivity index (χ4n) is 2.53. The molecule has 3 unspecified atom stereocenters. The van der Waals surface area contributed by atoms with Crippen molar-refractivity contribution in [3.05, 3.63) is 35.4 Å². The van der Waals surface area contributed by atoms with E-state index in [-0.39, 0.29) is 11.7 Å². The predicted molar refractivity (Wildman–Crippen MR) is 83.9 cm³/mol. The van der Waals surface area contributed by atoms with E-state index < -0.39 is 17.8 Å². The largest absolute Gasteiger partial charge is 0.416 e. The lowest BCUT2D eigenvalue weighted by atomic mass is 10.0. The highest BCUT2D eigenvalue weighted by Crippen LogP contribution is 2.36. The molecular weight excluding hydrogens is 317 g/mol. The van der Waals surface area contributed by atoms with Crippen LogP contribution in [0.15, 0.2) is 24.3 Å². The molecule has 0 amide bonds. The highest BCUT2D eigenvalue weighted by molar-refractivity contribution is 8.07. The molecule has 0 radical (unpaired) electrons. The first-order valence-corrected chi connectivity index (χ1v) is 9.09. The summed E-state index contributed by atoms with van der Waals surface area (Å²) in [7, 11) is 0. The van der Waals surface area contributed by atoms with Gasteiger partial charge < -0.3 is 5.11 Å². The summed E-state index contributed by atoms with van der Waals surface area (Å²) in [6.45, 7) is 2.09. The fraction of sp³-hybridized carbons (Fsp3) is 0.600. The van der Waals surface area contributed by atoms with E-state index in [1.54, 1.807) is 17.8 Å². The third-order valence-electron chi connectivity index (χ3n) is 3.57. The van der Waals surface area contributed by atoms with Crippen LogP contribution in [0, 0.1) is 0 Å². The van der Waals surface area contributed by atoms with Gasteiger partial charge in [0.1, 0.15) is 0 Å². The Morgan fingerprint density at radius 3 is 2.67 bits per heavy atom. The van der Waals surface area contributed by atoms with Crippen LogP contribution in [0.5, 0.6) is 0 Å². The zero-order chi connectivity index (χ0) is 15.5. The van der Waals surface area contributed by atoms with Crippen LogP contribution in [0.1, 0.15) is 24.5 Å². The topological polar surface area (TPSA) is 20.2 Å². The second-order valence-corrected chi connectivity index (χ2v) is 7.76. The summed E-state index contributed by atoms with van der Waals surface area (Å²) in [5.74, 6) is 2.07. The van der Waals surface area contributed by atoms with Crippen LogP contribution in [-0.2, 0) is 12.6 Å². The van der Waals surface area contributed by atoms with Crippen LogP contribution in [0.3, 0.4) is 0 Å². The molecule has 0 bridgehead atoms. The van der Waals surface area contributed by atoms with Gasteiger partial charge in [-0.1, -0.05) is 25.1 Å². The van der Waals surface area contributed by atoms with E-state index >= 15 is 0 Å². The van der Waals surface area contributed by atoms with Crippen LogP contribution in [0.25, 0.3) is 0 Å². The van der Waals surface area contributed by atoms with E-state index in [1.165, 1.54) is 6.07 Å². The Balaban J connectivity index is 2.06. The number of alkyl halides is 3. The minimum absolute atomic E-state index is 0.100. The van der Waals surface area contributed by atoms with Gasteiger partial charge in [-0.3, -0.25) is 0 Å². The zero-order valence-corrected chi connectivity index (χ0v) is 13.4. The molecule has 1 aliphatic rings. The lowest BCUT2D eigenvalue weighted by molar-refractivity contribution is -0.137. The van der Waals surface area contributed by atoms with Gasteiger partial charge in [0.2, 0.25) is 0 Å². The van der Waals surface area contributed by atoms with Crippen molar-refractivity contribution < 1.29 is 18.3 Å². The molecule has 3 atom stereocenters. The molecule has 118 valence electrons. The first-order valence-electron chi connectivity index (χ1n) is 6.99. The highest BCUT2D eigenvalue weighted by atomic mass is 32.2. The molecule has 1 saturated heterocycles. The Hall–Kier alpha value is -0.330. The maximum atomic E-state index is 12.7. The van der Waals surface area contributed by atoms with Crippen LogP contribution < -0.4 is 0 Å². The summed E-state index contributed by atoms with van der Waals surface area (Å²) < 4.78 is 38.1. The zero-order valence-electron chi connectivity index (χ0n) is 11.8. The van der Waals surface area contributed by atoms with Crippen LogP contribution in [0.2, 0.25) is 0 Å². The summed E-state index contributed by atoms with van der Waals surface area (Å²) in [5, 5.41) is 10.9. The summed E-state index contributed by atoms with van der Waals surface area (Å²) in [6.07, 6.45) is -3.68. The van der Waals surface area contributed by atoms with Crippen molar-refractivity contribution in [3.8, 4) is 0 Å². The van der Waals surface area contributed by atoms with Gasteiger partial charge >= 0.3 is 6.18 Å². The van der Waals surface area contributed by atoms with Gasteiger partial charge in [-0.15, -0.1) is 0 Å². The Morgan fingerprint density at radius 1 is 1.29 bits per heavy atom. The van der Waals surface area contributed by atoms with Crippen molar-refractivity contribution in [1.29, 1.82) is 0 Å². The highest BCUT2D eigenvalue weighted by Gasteiger charge is 2.33. The Morgan fingerprint density at radius 2 is 2.00 bits per heavy atom. The van der Waals surface area contributed by atoms with Crippen molar-refractivity contribution in [2.75, 3.05) is 11.5 Å². The molecule has 1 heterocycles. The average molecular weight is 336 g/mol. The van der Waals surface area contributed by atoms with Crippen molar-refractivity contribution in [2.45, 2.75) is 42.5 Å². The Bertz CT molecular complexity index is 464. The number of hydrogen-bond acceptors (Lipinski definition) is 3. The standard InChI is InChI=1S/C15H19F3OS2/c1-2-13-14(21-7-6-20-13)12(19)9-10-4-3-5-11(8-10)15(16,17)18/h3-5,8,12-14,19H,2,6-7,9H2,1H3. The molecule has 0 aliphatic carbocycles. The van der Waals surface area contributed by atoms with Crippen molar-refractivity contribution in [3.63, 3.8) is 0 Å². The van der Waals surface area contributed by atoms with Gasteiger partial charge in [-0.25, -0.2) is 0 Å². The molecule has 0 aromatic heterocycles. The summed E-state index contributed by atoms with van der Waals surface area (Å²) >= 11 is 3.60. The molecule has 0 saturated carbocycles. The second kappa shape index (κ2) is 7.29. The number of rotatable bonds is 4. The van der Waals surface area contributed by atoms with Gasteiger partial charge in [0, 0.05) is 22.0 Å². The van der Waals surface area contributed by atoms with Gasteiger partial charge in [0.25, 0.3) is 0 Å². The van der Waals surface area contributed by atoms with Crippen molar-refractivity contribution in [2.24, 2.45) is 0 Å². The van der Waals surface area contributed by atoms with Crippen LogP contribution in [0.4, 0.5) is 13.2 Å². The first-order chi connectivity index (χ1) is 9.91. The molecule has 1 fully saturated rings. The number of aliphatic hydroxyl groups is 1. The summed E-state index contributed by atoms with van der Waals surface area (Å²) in [6, 6.07) is 5.27. The molecule has 1 aromatic carbocycles. The number of aliphatic hydroxyl groups excluding tert-OH is 1.